The molecule has 5 nitrogen and oxygen atoms in total. The van der Waals surface area contributed by atoms with Crippen LogP contribution in [0.3, 0.4) is 0 Å². The lowest BCUT2D eigenvalue weighted by Crippen LogP contribution is -2.34. The average Bonchev–Trinajstić information content (AvgIpc) is 3.48. The Labute approximate surface area is 172 Å². The van der Waals surface area contributed by atoms with Gasteiger partial charge in [0.2, 0.25) is 0 Å². The third-order valence-corrected chi connectivity index (χ3v) is 5.03. The van der Waals surface area contributed by atoms with Crippen LogP contribution in [0.4, 0.5) is 0 Å². The average molecular weight is 395 g/mol. The van der Waals surface area contributed by atoms with Crippen LogP contribution < -0.4 is 5.73 Å². The molecule has 0 saturated heterocycles. The normalized spacial score (nSPS) is 16.0. The van der Waals surface area contributed by atoms with Crippen molar-refractivity contribution in [3.63, 3.8) is 0 Å². The number of rotatable bonds is 7. The zero-order valence-electron chi connectivity index (χ0n) is 17.3. The van der Waals surface area contributed by atoms with Crippen LogP contribution >= 0.6 is 0 Å². The number of hydrogen-bond donors (Lipinski definition) is 1. The summed E-state index contributed by atoms with van der Waals surface area (Å²) in [5.74, 6) is -0.593. The fourth-order valence-electron chi connectivity index (χ4n) is 3.24. The highest BCUT2D eigenvalue weighted by Crippen LogP contribution is 2.49. The van der Waals surface area contributed by atoms with E-state index in [0.717, 1.165) is 29.5 Å². The van der Waals surface area contributed by atoms with Gasteiger partial charge in [0.15, 0.2) is 0 Å². The van der Waals surface area contributed by atoms with E-state index in [9.17, 15) is 9.59 Å². The van der Waals surface area contributed by atoms with Crippen molar-refractivity contribution in [2.24, 2.45) is 5.73 Å². The summed E-state index contributed by atoms with van der Waals surface area (Å²) >= 11 is 0. The second-order valence-electron chi connectivity index (χ2n) is 8.68. The standard InChI is InChI=1S/C24H29NO4/c1-23(2,3)29-22(27)24(13-14-24)19-11-9-17(10-12-19)15-20(25)21(26)28-16-18-7-5-4-6-8-18/h4-12,20H,13-16,25H2,1-3H3/t20-/m0/s1. The number of esters is 2. The maximum Gasteiger partial charge on any atom is 0.323 e. The van der Waals surface area contributed by atoms with E-state index in [0.29, 0.717) is 6.42 Å². The molecule has 0 amide bonds. The topological polar surface area (TPSA) is 78.6 Å². The number of hydrogen-bond acceptors (Lipinski definition) is 5. The Bertz CT molecular complexity index is 849. The first-order chi connectivity index (χ1) is 13.7. The number of ether oxygens (including phenoxy) is 2. The van der Waals surface area contributed by atoms with Gasteiger partial charge in [-0.1, -0.05) is 54.6 Å². The van der Waals surface area contributed by atoms with Gasteiger partial charge in [-0.25, -0.2) is 0 Å². The van der Waals surface area contributed by atoms with E-state index in [1.807, 2.05) is 75.4 Å². The molecule has 0 bridgehead atoms. The Morgan fingerprint density at radius 2 is 1.62 bits per heavy atom. The molecule has 0 heterocycles. The van der Waals surface area contributed by atoms with Gasteiger partial charge in [0.25, 0.3) is 0 Å². The Balaban J connectivity index is 1.56. The first kappa shape index (κ1) is 21.1. The van der Waals surface area contributed by atoms with Gasteiger partial charge in [-0.2, -0.15) is 0 Å². The summed E-state index contributed by atoms with van der Waals surface area (Å²) < 4.78 is 10.9. The summed E-state index contributed by atoms with van der Waals surface area (Å²) in [4.78, 5) is 24.8. The van der Waals surface area contributed by atoms with Gasteiger partial charge in [-0.05, 0) is 56.7 Å². The van der Waals surface area contributed by atoms with Crippen LogP contribution in [-0.2, 0) is 37.5 Å². The van der Waals surface area contributed by atoms with Crippen molar-refractivity contribution in [1.29, 1.82) is 0 Å². The summed E-state index contributed by atoms with van der Waals surface area (Å²) in [6.45, 7) is 5.84. The van der Waals surface area contributed by atoms with Crippen molar-refractivity contribution < 1.29 is 19.1 Å². The molecular formula is C24H29NO4. The smallest absolute Gasteiger partial charge is 0.323 e. The number of carbonyl (C=O) groups is 2. The maximum atomic E-state index is 12.6. The lowest BCUT2D eigenvalue weighted by molar-refractivity contribution is -0.158. The summed E-state index contributed by atoms with van der Waals surface area (Å²) in [5, 5.41) is 0. The quantitative estimate of drug-likeness (QED) is 0.724. The molecule has 29 heavy (non-hydrogen) atoms. The molecule has 1 saturated carbocycles. The van der Waals surface area contributed by atoms with Crippen molar-refractivity contribution in [3.8, 4) is 0 Å². The van der Waals surface area contributed by atoms with Crippen molar-refractivity contribution in [2.45, 2.75) is 63.7 Å². The Kier molecular flexibility index (Phi) is 6.08. The third-order valence-electron chi connectivity index (χ3n) is 5.03. The molecule has 0 radical (unpaired) electrons. The maximum absolute atomic E-state index is 12.6. The fraction of sp³-hybridized carbons (Fsp3) is 0.417. The minimum absolute atomic E-state index is 0.168. The molecule has 154 valence electrons. The minimum Gasteiger partial charge on any atom is -0.460 e. The molecule has 0 aromatic heterocycles. The summed E-state index contributed by atoms with van der Waals surface area (Å²) in [6, 6.07) is 16.5. The van der Waals surface area contributed by atoms with Crippen LogP contribution in [0.15, 0.2) is 54.6 Å². The van der Waals surface area contributed by atoms with E-state index in [2.05, 4.69) is 0 Å². The van der Waals surface area contributed by atoms with Crippen LogP contribution in [0.2, 0.25) is 0 Å². The molecule has 5 heteroatoms. The predicted octanol–water partition coefficient (Wildman–Crippen LogP) is 3.67. The molecule has 2 aromatic carbocycles. The summed E-state index contributed by atoms with van der Waals surface area (Å²) in [7, 11) is 0. The SMILES string of the molecule is CC(C)(C)OC(=O)C1(c2ccc(C[C@H](N)C(=O)OCc3ccccc3)cc2)CC1. The van der Waals surface area contributed by atoms with E-state index in [4.69, 9.17) is 15.2 Å². The van der Waals surface area contributed by atoms with E-state index < -0.39 is 23.0 Å². The number of nitrogens with two attached hydrogens (primary N) is 1. The highest BCUT2D eigenvalue weighted by atomic mass is 16.6. The molecule has 3 rings (SSSR count). The van der Waals surface area contributed by atoms with Crippen LogP contribution in [0.1, 0.15) is 50.3 Å². The molecule has 1 atom stereocenters. The van der Waals surface area contributed by atoms with E-state index in [1.54, 1.807) is 0 Å². The van der Waals surface area contributed by atoms with Gasteiger partial charge >= 0.3 is 11.9 Å². The largest absolute Gasteiger partial charge is 0.460 e. The molecule has 2 N–H and O–H groups in total. The molecule has 1 aliphatic rings. The van der Waals surface area contributed by atoms with Gasteiger partial charge in [0, 0.05) is 0 Å². The Morgan fingerprint density at radius 3 is 2.17 bits per heavy atom. The Hall–Kier alpha value is -2.66. The van der Waals surface area contributed by atoms with Crippen molar-refractivity contribution in [2.75, 3.05) is 0 Å². The molecule has 1 aliphatic carbocycles. The second kappa shape index (κ2) is 8.37. The molecular weight excluding hydrogens is 366 g/mol. The summed E-state index contributed by atoms with van der Waals surface area (Å²) in [5.41, 5.74) is 7.80. The minimum atomic E-state index is -0.731. The van der Waals surface area contributed by atoms with Gasteiger partial charge in [0.05, 0.1) is 5.41 Å². The zero-order valence-corrected chi connectivity index (χ0v) is 17.3. The first-order valence-electron chi connectivity index (χ1n) is 9.99. The summed E-state index contributed by atoms with van der Waals surface area (Å²) in [6.07, 6.45) is 1.98. The fourth-order valence-corrected chi connectivity index (χ4v) is 3.24. The van der Waals surface area contributed by atoms with Crippen molar-refractivity contribution in [1.82, 2.24) is 0 Å². The van der Waals surface area contributed by atoms with Crippen molar-refractivity contribution in [3.05, 3.63) is 71.3 Å². The van der Waals surface area contributed by atoms with Crippen LogP contribution in [0.25, 0.3) is 0 Å². The molecule has 1 fully saturated rings. The van der Waals surface area contributed by atoms with Crippen LogP contribution in [-0.4, -0.2) is 23.6 Å². The van der Waals surface area contributed by atoms with Gasteiger partial charge in [0.1, 0.15) is 18.2 Å². The van der Waals surface area contributed by atoms with Crippen LogP contribution in [0, 0.1) is 0 Å². The molecule has 2 aromatic rings. The second-order valence-corrected chi connectivity index (χ2v) is 8.68. The third kappa shape index (κ3) is 5.45. The van der Waals surface area contributed by atoms with E-state index >= 15 is 0 Å². The highest BCUT2D eigenvalue weighted by Gasteiger charge is 2.53. The molecule has 0 aliphatic heterocycles. The highest BCUT2D eigenvalue weighted by molar-refractivity contribution is 5.87. The van der Waals surface area contributed by atoms with Gasteiger partial charge in [-0.15, -0.1) is 0 Å². The number of carbonyl (C=O) groups excluding carboxylic acids is 2. The van der Waals surface area contributed by atoms with Gasteiger partial charge < -0.3 is 15.2 Å². The first-order valence-corrected chi connectivity index (χ1v) is 9.99. The van der Waals surface area contributed by atoms with Crippen molar-refractivity contribution >= 4 is 11.9 Å². The molecule has 0 spiro atoms. The van der Waals surface area contributed by atoms with E-state index in [-0.39, 0.29) is 12.6 Å². The zero-order chi connectivity index (χ0) is 21.1. The van der Waals surface area contributed by atoms with Gasteiger partial charge in [-0.3, -0.25) is 9.59 Å². The number of benzene rings is 2. The predicted molar refractivity (Wildman–Crippen MR) is 111 cm³/mol. The van der Waals surface area contributed by atoms with Crippen LogP contribution in [0.5, 0.6) is 0 Å². The lowest BCUT2D eigenvalue weighted by atomic mass is 9.93. The van der Waals surface area contributed by atoms with E-state index in [1.165, 1.54) is 0 Å². The Morgan fingerprint density at radius 1 is 1.00 bits per heavy atom. The lowest BCUT2D eigenvalue weighted by Gasteiger charge is -2.24. The molecule has 0 unspecified atom stereocenters. The monoisotopic (exact) mass is 395 g/mol.